The Morgan fingerprint density at radius 1 is 1.05 bits per heavy atom. The highest BCUT2D eigenvalue weighted by atomic mass is 15.0. The van der Waals surface area contributed by atoms with Crippen LogP contribution in [0.25, 0.3) is 11.1 Å². The van der Waals surface area contributed by atoms with E-state index >= 15 is 0 Å². The van der Waals surface area contributed by atoms with E-state index in [1.807, 2.05) is 0 Å². The zero-order valence-electron chi connectivity index (χ0n) is 12.5. The third-order valence-electron chi connectivity index (χ3n) is 4.78. The molecule has 0 spiro atoms. The first-order valence-electron chi connectivity index (χ1n) is 7.57. The van der Waals surface area contributed by atoms with Crippen molar-refractivity contribution in [1.82, 2.24) is 0 Å². The van der Waals surface area contributed by atoms with Gasteiger partial charge < -0.3 is 5.32 Å². The number of fused-ring (bicyclic) bond motifs is 4. The summed E-state index contributed by atoms with van der Waals surface area (Å²) in [5, 5.41) is 3.72. The molecule has 2 aromatic rings. The number of hydrogen-bond acceptors (Lipinski definition) is 1. The zero-order valence-corrected chi connectivity index (χ0v) is 12.5. The fraction of sp³-hybridized carbons (Fsp3) is 0.368. The summed E-state index contributed by atoms with van der Waals surface area (Å²) < 4.78 is 0. The second-order valence-corrected chi connectivity index (χ2v) is 7.04. The van der Waals surface area contributed by atoms with Crippen molar-refractivity contribution < 1.29 is 0 Å². The molecular formula is C19H21N. The quantitative estimate of drug-likeness (QED) is 0.604. The molecule has 1 heterocycles. The number of anilines is 1. The van der Waals surface area contributed by atoms with Crippen LogP contribution in [0.4, 0.5) is 5.69 Å². The van der Waals surface area contributed by atoms with E-state index in [0.29, 0.717) is 5.92 Å². The Morgan fingerprint density at radius 2 is 1.85 bits per heavy atom. The molecule has 4 rings (SSSR count). The minimum atomic E-state index is 0.201. The van der Waals surface area contributed by atoms with Gasteiger partial charge in [0.15, 0.2) is 0 Å². The second kappa shape index (κ2) is 3.88. The molecule has 102 valence electrons. The van der Waals surface area contributed by atoms with Gasteiger partial charge >= 0.3 is 0 Å². The molecule has 0 aromatic heterocycles. The van der Waals surface area contributed by atoms with Crippen molar-refractivity contribution in [3.05, 3.63) is 53.1 Å². The van der Waals surface area contributed by atoms with Gasteiger partial charge in [-0.2, -0.15) is 0 Å². The predicted octanol–water partition coefficient (Wildman–Crippen LogP) is 4.96. The SMILES string of the molecule is CC1CC(C)(C)Nc2cc3c(cc21)-c1ccccc1C3. The minimum absolute atomic E-state index is 0.201. The maximum atomic E-state index is 3.72. The van der Waals surface area contributed by atoms with E-state index < -0.39 is 0 Å². The Hall–Kier alpha value is -1.76. The number of benzene rings is 2. The molecule has 1 N–H and O–H groups in total. The summed E-state index contributed by atoms with van der Waals surface area (Å²) >= 11 is 0. The van der Waals surface area contributed by atoms with Crippen molar-refractivity contribution in [3.63, 3.8) is 0 Å². The highest BCUT2D eigenvalue weighted by molar-refractivity contribution is 5.80. The molecule has 0 amide bonds. The number of hydrogen-bond donors (Lipinski definition) is 1. The van der Waals surface area contributed by atoms with Gasteiger partial charge in [0.25, 0.3) is 0 Å². The molecule has 0 radical (unpaired) electrons. The fourth-order valence-corrected chi connectivity index (χ4v) is 4.01. The minimum Gasteiger partial charge on any atom is -0.380 e. The Balaban J connectivity index is 1.89. The van der Waals surface area contributed by atoms with Gasteiger partial charge in [-0.15, -0.1) is 0 Å². The van der Waals surface area contributed by atoms with Gasteiger partial charge in [-0.05, 0) is 72.6 Å². The van der Waals surface area contributed by atoms with Crippen LogP contribution in [-0.4, -0.2) is 5.54 Å². The summed E-state index contributed by atoms with van der Waals surface area (Å²) in [5.74, 6) is 0.624. The van der Waals surface area contributed by atoms with Crippen molar-refractivity contribution in [3.8, 4) is 11.1 Å². The predicted molar refractivity (Wildman–Crippen MR) is 85.4 cm³/mol. The van der Waals surface area contributed by atoms with Crippen molar-refractivity contribution in [1.29, 1.82) is 0 Å². The molecule has 0 fully saturated rings. The van der Waals surface area contributed by atoms with Crippen LogP contribution in [0.15, 0.2) is 36.4 Å². The van der Waals surface area contributed by atoms with Gasteiger partial charge in [-0.25, -0.2) is 0 Å². The van der Waals surface area contributed by atoms with E-state index in [9.17, 15) is 0 Å². The van der Waals surface area contributed by atoms with Gasteiger partial charge in [0.1, 0.15) is 0 Å². The first-order valence-corrected chi connectivity index (χ1v) is 7.57. The van der Waals surface area contributed by atoms with Crippen LogP contribution in [0.3, 0.4) is 0 Å². The first kappa shape index (κ1) is 12.0. The molecule has 0 bridgehead atoms. The monoisotopic (exact) mass is 263 g/mol. The van der Waals surface area contributed by atoms with E-state index in [1.165, 1.54) is 39.9 Å². The first-order chi connectivity index (χ1) is 9.53. The van der Waals surface area contributed by atoms with Gasteiger partial charge in [0, 0.05) is 11.2 Å². The fourth-order valence-electron chi connectivity index (χ4n) is 4.01. The highest BCUT2D eigenvalue weighted by Crippen LogP contribution is 2.45. The van der Waals surface area contributed by atoms with Crippen LogP contribution in [0.2, 0.25) is 0 Å². The average molecular weight is 263 g/mol. The van der Waals surface area contributed by atoms with Crippen molar-refractivity contribution in [2.45, 2.75) is 45.1 Å². The maximum Gasteiger partial charge on any atom is 0.0382 e. The van der Waals surface area contributed by atoms with Crippen LogP contribution in [0.1, 0.15) is 49.8 Å². The summed E-state index contributed by atoms with van der Waals surface area (Å²) in [4.78, 5) is 0. The van der Waals surface area contributed by atoms with Crippen molar-refractivity contribution in [2.75, 3.05) is 5.32 Å². The Kier molecular flexibility index (Phi) is 2.33. The molecule has 1 aliphatic carbocycles. The lowest BCUT2D eigenvalue weighted by Crippen LogP contribution is -2.36. The van der Waals surface area contributed by atoms with E-state index in [-0.39, 0.29) is 5.54 Å². The third kappa shape index (κ3) is 1.69. The van der Waals surface area contributed by atoms with E-state index in [4.69, 9.17) is 0 Å². The molecular weight excluding hydrogens is 242 g/mol. The smallest absolute Gasteiger partial charge is 0.0382 e. The van der Waals surface area contributed by atoms with E-state index in [0.717, 1.165) is 6.42 Å². The van der Waals surface area contributed by atoms with Crippen LogP contribution in [0.5, 0.6) is 0 Å². The molecule has 1 aliphatic heterocycles. The largest absolute Gasteiger partial charge is 0.380 e. The van der Waals surface area contributed by atoms with Crippen LogP contribution >= 0.6 is 0 Å². The molecule has 20 heavy (non-hydrogen) atoms. The van der Waals surface area contributed by atoms with Gasteiger partial charge in [-0.1, -0.05) is 31.2 Å². The van der Waals surface area contributed by atoms with E-state index in [2.05, 4.69) is 62.5 Å². The Bertz CT molecular complexity index is 697. The molecule has 1 unspecified atom stereocenters. The normalized spacial score (nSPS) is 21.6. The number of nitrogens with one attached hydrogen (secondary N) is 1. The topological polar surface area (TPSA) is 12.0 Å². The zero-order chi connectivity index (χ0) is 13.9. The van der Waals surface area contributed by atoms with E-state index in [1.54, 1.807) is 0 Å². The van der Waals surface area contributed by atoms with Crippen LogP contribution in [0, 0.1) is 0 Å². The molecule has 2 aromatic carbocycles. The summed E-state index contributed by atoms with van der Waals surface area (Å²) in [6.07, 6.45) is 2.27. The summed E-state index contributed by atoms with van der Waals surface area (Å²) in [5.41, 5.74) is 8.86. The summed E-state index contributed by atoms with van der Waals surface area (Å²) in [6.45, 7) is 6.96. The van der Waals surface area contributed by atoms with Crippen molar-refractivity contribution >= 4 is 5.69 Å². The lowest BCUT2D eigenvalue weighted by atomic mass is 9.80. The number of rotatable bonds is 0. The summed E-state index contributed by atoms with van der Waals surface area (Å²) in [6, 6.07) is 13.6. The second-order valence-electron chi connectivity index (χ2n) is 7.04. The molecule has 1 nitrogen and oxygen atoms in total. The molecule has 1 atom stereocenters. The Morgan fingerprint density at radius 3 is 2.70 bits per heavy atom. The molecule has 0 saturated heterocycles. The van der Waals surface area contributed by atoms with Crippen LogP contribution < -0.4 is 5.32 Å². The highest BCUT2D eigenvalue weighted by Gasteiger charge is 2.31. The lowest BCUT2D eigenvalue weighted by molar-refractivity contribution is 0.454. The molecule has 0 saturated carbocycles. The van der Waals surface area contributed by atoms with Gasteiger partial charge in [-0.3, -0.25) is 0 Å². The maximum absolute atomic E-state index is 3.72. The molecule has 2 aliphatic rings. The standard InChI is InChI=1S/C19H21N/c1-12-11-19(2,3)20-18-9-14-8-13-6-4-5-7-15(13)17(14)10-16(12)18/h4-7,9-10,12,20H,8,11H2,1-3H3. The average Bonchev–Trinajstić information content (AvgIpc) is 2.72. The van der Waals surface area contributed by atoms with Gasteiger partial charge in [0.05, 0.1) is 0 Å². The van der Waals surface area contributed by atoms with Crippen molar-refractivity contribution in [2.24, 2.45) is 0 Å². The molecule has 1 heteroatoms. The Labute approximate surface area is 121 Å². The van der Waals surface area contributed by atoms with Crippen LogP contribution in [-0.2, 0) is 6.42 Å². The van der Waals surface area contributed by atoms with Gasteiger partial charge in [0.2, 0.25) is 0 Å². The summed E-state index contributed by atoms with van der Waals surface area (Å²) in [7, 11) is 0. The third-order valence-corrected chi connectivity index (χ3v) is 4.78. The lowest BCUT2D eigenvalue weighted by Gasteiger charge is -2.38.